The zero-order chi connectivity index (χ0) is 14.4. The number of nitrogens with zero attached hydrogens (tertiary/aromatic N) is 1. The van der Waals surface area contributed by atoms with Gasteiger partial charge in [-0.25, -0.2) is 4.98 Å². The number of fused-ring (bicyclic) bond motifs is 1. The van der Waals surface area contributed by atoms with Crippen LogP contribution in [0.4, 0.5) is 10.8 Å². The van der Waals surface area contributed by atoms with Crippen LogP contribution in [0.15, 0.2) is 29.6 Å². The molecule has 2 fully saturated rings. The highest BCUT2D eigenvalue weighted by Crippen LogP contribution is 2.57. The summed E-state index contributed by atoms with van der Waals surface area (Å²) in [6.45, 7) is 0. The number of hydrogen-bond donors (Lipinski definition) is 2. The van der Waals surface area contributed by atoms with E-state index in [-0.39, 0.29) is 11.8 Å². The highest BCUT2D eigenvalue weighted by molar-refractivity contribution is 7.14. The van der Waals surface area contributed by atoms with Gasteiger partial charge in [0.2, 0.25) is 5.91 Å². The number of hydrogen-bond acceptors (Lipinski definition) is 4. The van der Waals surface area contributed by atoms with Crippen molar-refractivity contribution in [2.45, 2.75) is 19.3 Å². The molecule has 2 unspecified atom stereocenters. The maximum atomic E-state index is 12.2. The minimum atomic E-state index is 0.155. The zero-order valence-corrected chi connectivity index (χ0v) is 12.4. The van der Waals surface area contributed by atoms with Crippen LogP contribution in [0.2, 0.25) is 0 Å². The van der Waals surface area contributed by atoms with Crippen LogP contribution in [0.3, 0.4) is 0 Å². The normalized spacial score (nSPS) is 26.4. The molecule has 0 radical (unpaired) electrons. The Hall–Kier alpha value is -1.88. The van der Waals surface area contributed by atoms with E-state index in [0.717, 1.165) is 16.9 Å². The van der Waals surface area contributed by atoms with E-state index in [2.05, 4.69) is 10.3 Å². The number of nitrogens with two attached hydrogens (primary N) is 1. The van der Waals surface area contributed by atoms with Gasteiger partial charge in [-0.3, -0.25) is 4.79 Å². The first-order valence-electron chi connectivity index (χ1n) is 7.35. The molecule has 1 heterocycles. The summed E-state index contributed by atoms with van der Waals surface area (Å²) in [4.78, 5) is 16.7. The maximum absolute atomic E-state index is 12.2. The van der Waals surface area contributed by atoms with Crippen LogP contribution in [-0.4, -0.2) is 10.9 Å². The van der Waals surface area contributed by atoms with Gasteiger partial charge in [-0.05, 0) is 36.8 Å². The number of nitrogens with one attached hydrogen (secondary N) is 1. The molecule has 0 saturated heterocycles. The second-order valence-corrected chi connectivity index (χ2v) is 6.79. The van der Waals surface area contributed by atoms with Crippen molar-refractivity contribution in [3.8, 4) is 11.3 Å². The van der Waals surface area contributed by atoms with Crippen molar-refractivity contribution in [3.63, 3.8) is 0 Å². The van der Waals surface area contributed by atoms with Gasteiger partial charge in [0.25, 0.3) is 0 Å². The van der Waals surface area contributed by atoms with Gasteiger partial charge >= 0.3 is 0 Å². The van der Waals surface area contributed by atoms with Gasteiger partial charge in [0.1, 0.15) is 0 Å². The second-order valence-electron chi connectivity index (χ2n) is 5.93. The number of thiazole rings is 1. The minimum absolute atomic E-state index is 0.155. The van der Waals surface area contributed by atoms with Crippen molar-refractivity contribution < 1.29 is 4.79 Å². The van der Waals surface area contributed by atoms with E-state index in [1.54, 1.807) is 0 Å². The minimum Gasteiger partial charge on any atom is -0.399 e. The molecule has 4 nitrogen and oxygen atoms in total. The molecule has 3 N–H and O–H groups in total. The molecule has 21 heavy (non-hydrogen) atoms. The van der Waals surface area contributed by atoms with Crippen molar-refractivity contribution in [1.29, 1.82) is 0 Å². The summed E-state index contributed by atoms with van der Waals surface area (Å²) in [5.41, 5.74) is 8.32. The lowest BCUT2D eigenvalue weighted by Crippen LogP contribution is -2.16. The Labute approximate surface area is 127 Å². The van der Waals surface area contributed by atoms with Crippen molar-refractivity contribution >= 4 is 28.1 Å². The van der Waals surface area contributed by atoms with E-state index in [0.29, 0.717) is 17.0 Å². The highest BCUT2D eigenvalue weighted by Gasteiger charge is 2.56. The molecule has 2 aliphatic carbocycles. The molecular formula is C16H17N3OS. The van der Waals surface area contributed by atoms with E-state index >= 15 is 0 Å². The third kappa shape index (κ3) is 2.31. The maximum Gasteiger partial charge on any atom is 0.229 e. The third-order valence-electron chi connectivity index (χ3n) is 4.65. The van der Waals surface area contributed by atoms with Crippen molar-refractivity contribution in [2.24, 2.45) is 17.8 Å². The van der Waals surface area contributed by atoms with Crippen LogP contribution in [0.1, 0.15) is 19.3 Å². The lowest BCUT2D eigenvalue weighted by Gasteiger charge is -2.03. The summed E-state index contributed by atoms with van der Waals surface area (Å²) in [5.74, 6) is 1.67. The molecule has 4 rings (SSSR count). The van der Waals surface area contributed by atoms with Crippen LogP contribution in [0.25, 0.3) is 11.3 Å². The Morgan fingerprint density at radius 2 is 1.95 bits per heavy atom. The summed E-state index contributed by atoms with van der Waals surface area (Å²) in [6.07, 6.45) is 3.73. The molecule has 2 atom stereocenters. The van der Waals surface area contributed by atoms with Crippen LogP contribution >= 0.6 is 11.3 Å². The van der Waals surface area contributed by atoms with E-state index < -0.39 is 0 Å². The number of rotatable bonds is 3. The Bertz CT molecular complexity index is 669. The van der Waals surface area contributed by atoms with Gasteiger partial charge in [-0.1, -0.05) is 18.6 Å². The first-order valence-corrected chi connectivity index (χ1v) is 8.22. The third-order valence-corrected chi connectivity index (χ3v) is 5.41. The summed E-state index contributed by atoms with van der Waals surface area (Å²) in [7, 11) is 0. The molecular weight excluding hydrogens is 282 g/mol. The fraction of sp³-hybridized carbons (Fsp3) is 0.375. The number of carbonyl (C=O) groups is 1. The standard InChI is InChI=1S/C16H17N3OS/c17-10-6-4-9(5-7-10)13-8-21-16(18-13)19-15(20)14-11-2-1-3-12(11)14/h4-8,11-12,14H,1-3,17H2,(H,18,19,20). The quantitative estimate of drug-likeness (QED) is 0.854. The molecule has 0 bridgehead atoms. The fourth-order valence-electron chi connectivity index (χ4n) is 3.52. The largest absolute Gasteiger partial charge is 0.399 e. The van der Waals surface area contributed by atoms with Gasteiger partial charge in [-0.2, -0.15) is 0 Å². The topological polar surface area (TPSA) is 68.0 Å². The van der Waals surface area contributed by atoms with Crippen molar-refractivity contribution in [2.75, 3.05) is 11.1 Å². The zero-order valence-electron chi connectivity index (χ0n) is 11.6. The Kier molecular flexibility index (Phi) is 2.96. The monoisotopic (exact) mass is 299 g/mol. The van der Waals surface area contributed by atoms with Crippen LogP contribution in [0.5, 0.6) is 0 Å². The fourth-order valence-corrected chi connectivity index (χ4v) is 4.24. The first kappa shape index (κ1) is 12.8. The van der Waals surface area contributed by atoms with E-state index in [4.69, 9.17) is 5.73 Å². The van der Waals surface area contributed by atoms with Crippen molar-refractivity contribution in [3.05, 3.63) is 29.6 Å². The van der Waals surface area contributed by atoms with Gasteiger partial charge in [-0.15, -0.1) is 11.3 Å². The molecule has 1 amide bonds. The molecule has 2 saturated carbocycles. The molecule has 2 aromatic rings. The average Bonchev–Trinajstić information content (AvgIpc) is 2.84. The number of aromatic nitrogens is 1. The molecule has 5 heteroatoms. The predicted molar refractivity (Wildman–Crippen MR) is 84.9 cm³/mol. The van der Waals surface area contributed by atoms with Crippen LogP contribution in [-0.2, 0) is 4.79 Å². The number of anilines is 2. The average molecular weight is 299 g/mol. The van der Waals surface area contributed by atoms with Gasteiger partial charge in [0.05, 0.1) is 5.69 Å². The van der Waals surface area contributed by atoms with Crippen LogP contribution in [0, 0.1) is 17.8 Å². The van der Waals surface area contributed by atoms with Gasteiger partial charge in [0, 0.05) is 22.5 Å². The molecule has 108 valence electrons. The SMILES string of the molecule is Nc1ccc(-c2csc(NC(=O)C3C4CCCC43)n2)cc1. The lowest BCUT2D eigenvalue weighted by atomic mass is 10.1. The molecule has 1 aromatic heterocycles. The highest BCUT2D eigenvalue weighted by atomic mass is 32.1. The molecule has 0 aliphatic heterocycles. The van der Waals surface area contributed by atoms with E-state index in [1.807, 2.05) is 29.6 Å². The number of carbonyl (C=O) groups excluding carboxylic acids is 1. The Balaban J connectivity index is 1.45. The second kappa shape index (κ2) is 4.84. The number of benzene rings is 1. The Morgan fingerprint density at radius 3 is 2.67 bits per heavy atom. The molecule has 0 spiro atoms. The van der Waals surface area contributed by atoms with E-state index in [9.17, 15) is 4.79 Å². The Morgan fingerprint density at radius 1 is 1.24 bits per heavy atom. The van der Waals surface area contributed by atoms with Crippen molar-refractivity contribution in [1.82, 2.24) is 4.98 Å². The summed E-state index contributed by atoms with van der Waals surface area (Å²) >= 11 is 1.48. The summed E-state index contributed by atoms with van der Waals surface area (Å²) in [5, 5.41) is 5.64. The molecule has 2 aliphatic rings. The van der Waals surface area contributed by atoms with Gasteiger partial charge in [0.15, 0.2) is 5.13 Å². The summed E-state index contributed by atoms with van der Waals surface area (Å²) < 4.78 is 0. The van der Waals surface area contributed by atoms with Gasteiger partial charge < -0.3 is 11.1 Å². The smallest absolute Gasteiger partial charge is 0.229 e. The first-order chi connectivity index (χ1) is 10.2. The lowest BCUT2D eigenvalue weighted by molar-refractivity contribution is -0.118. The number of nitrogen functional groups attached to an aromatic ring is 1. The predicted octanol–water partition coefficient (Wildman–Crippen LogP) is 3.38. The molecule has 1 aromatic carbocycles. The van der Waals surface area contributed by atoms with E-state index in [1.165, 1.54) is 30.6 Å². The summed E-state index contributed by atoms with van der Waals surface area (Å²) in [6, 6.07) is 7.61. The number of amides is 1. The van der Waals surface area contributed by atoms with Crippen LogP contribution < -0.4 is 11.1 Å².